The molecule has 1 saturated carbocycles. The molecule has 4 heteroatoms. The van der Waals surface area contributed by atoms with Crippen LogP contribution in [0.3, 0.4) is 0 Å². The standard InChI is InChI=1S/C21H29NO3/c1-4-25-20(23)11-10-18-19-9-6-12-21(18,13-14-22(19)2)16-7-5-8-17(15-16)24-3/h5,7-8,10-11,15,18-19H,4,6,9,12-14H2,1-3H3/b11-10+. The fraction of sp³-hybridized carbons (Fsp3) is 0.571. The highest BCUT2D eigenvalue weighted by molar-refractivity contribution is 5.82. The molecule has 3 unspecified atom stereocenters. The highest BCUT2D eigenvalue weighted by Gasteiger charge is 2.49. The molecule has 0 amide bonds. The summed E-state index contributed by atoms with van der Waals surface area (Å²) in [5.41, 5.74) is 1.41. The molecule has 136 valence electrons. The number of rotatable bonds is 5. The molecule has 0 aromatic heterocycles. The minimum absolute atomic E-state index is 0.0764. The Morgan fingerprint density at radius 3 is 3.00 bits per heavy atom. The number of piperidine rings is 1. The number of methoxy groups -OCH3 is 1. The lowest BCUT2D eigenvalue weighted by molar-refractivity contribution is -0.137. The van der Waals surface area contributed by atoms with Crippen molar-refractivity contribution in [3.05, 3.63) is 42.0 Å². The molecule has 1 heterocycles. The summed E-state index contributed by atoms with van der Waals surface area (Å²) in [6.07, 6.45) is 8.40. The van der Waals surface area contributed by atoms with Crippen molar-refractivity contribution in [2.75, 3.05) is 27.3 Å². The monoisotopic (exact) mass is 343 g/mol. The number of nitrogens with zero attached hydrogens (tertiary/aromatic N) is 1. The van der Waals surface area contributed by atoms with Gasteiger partial charge in [0.1, 0.15) is 5.75 Å². The molecule has 3 atom stereocenters. The molecule has 3 rings (SSSR count). The summed E-state index contributed by atoms with van der Waals surface area (Å²) in [6.45, 7) is 3.34. The fourth-order valence-corrected chi connectivity index (χ4v) is 4.77. The second kappa shape index (κ2) is 7.61. The van der Waals surface area contributed by atoms with E-state index in [1.807, 2.05) is 13.0 Å². The first kappa shape index (κ1) is 18.0. The van der Waals surface area contributed by atoms with Crippen LogP contribution >= 0.6 is 0 Å². The zero-order valence-electron chi connectivity index (χ0n) is 15.5. The minimum Gasteiger partial charge on any atom is -0.497 e. The van der Waals surface area contributed by atoms with E-state index >= 15 is 0 Å². The number of esters is 1. The van der Waals surface area contributed by atoms with Gasteiger partial charge < -0.3 is 14.4 Å². The molecule has 1 aliphatic heterocycles. The van der Waals surface area contributed by atoms with Gasteiger partial charge in [0.25, 0.3) is 0 Å². The molecule has 1 saturated heterocycles. The molecule has 2 bridgehead atoms. The molecule has 1 aromatic rings. The van der Waals surface area contributed by atoms with Gasteiger partial charge in [-0.3, -0.25) is 0 Å². The van der Waals surface area contributed by atoms with E-state index < -0.39 is 0 Å². The zero-order chi connectivity index (χ0) is 17.9. The van der Waals surface area contributed by atoms with Crippen molar-refractivity contribution in [3.8, 4) is 5.75 Å². The Bertz CT molecular complexity index is 642. The van der Waals surface area contributed by atoms with Crippen molar-refractivity contribution in [2.24, 2.45) is 5.92 Å². The second-order valence-electron chi connectivity index (χ2n) is 7.22. The third kappa shape index (κ3) is 3.45. The Morgan fingerprint density at radius 1 is 1.40 bits per heavy atom. The van der Waals surface area contributed by atoms with Gasteiger partial charge in [-0.2, -0.15) is 0 Å². The molecule has 2 fully saturated rings. The van der Waals surface area contributed by atoms with Gasteiger partial charge in [-0.25, -0.2) is 4.79 Å². The SMILES string of the molecule is CCOC(=O)/C=C/C1C2CCCC1(c1cccc(OC)c1)CCN2C. The summed E-state index contributed by atoms with van der Waals surface area (Å²) in [7, 11) is 3.92. The van der Waals surface area contributed by atoms with Crippen LogP contribution in [0.2, 0.25) is 0 Å². The second-order valence-corrected chi connectivity index (χ2v) is 7.22. The van der Waals surface area contributed by atoms with Gasteiger partial charge in [0.15, 0.2) is 0 Å². The van der Waals surface area contributed by atoms with Crippen molar-refractivity contribution in [1.82, 2.24) is 4.90 Å². The highest BCUT2D eigenvalue weighted by atomic mass is 16.5. The number of benzene rings is 1. The normalized spacial score (nSPS) is 29.6. The van der Waals surface area contributed by atoms with Crippen LogP contribution in [0.25, 0.3) is 0 Å². The number of carbonyl (C=O) groups excluding carboxylic acids is 1. The molecular weight excluding hydrogens is 314 g/mol. The van der Waals surface area contributed by atoms with Crippen molar-refractivity contribution in [3.63, 3.8) is 0 Å². The largest absolute Gasteiger partial charge is 0.497 e. The van der Waals surface area contributed by atoms with Gasteiger partial charge in [0.2, 0.25) is 0 Å². The Kier molecular flexibility index (Phi) is 5.48. The molecule has 1 aliphatic carbocycles. The highest BCUT2D eigenvalue weighted by Crippen LogP contribution is 2.51. The number of hydrogen-bond acceptors (Lipinski definition) is 4. The quantitative estimate of drug-likeness (QED) is 0.605. The summed E-state index contributed by atoms with van der Waals surface area (Å²) in [5, 5.41) is 0. The molecule has 2 aliphatic rings. The van der Waals surface area contributed by atoms with E-state index in [1.165, 1.54) is 18.4 Å². The average Bonchev–Trinajstić information content (AvgIpc) is 2.63. The fourth-order valence-electron chi connectivity index (χ4n) is 4.77. The van der Waals surface area contributed by atoms with Gasteiger partial charge in [-0.15, -0.1) is 0 Å². The van der Waals surface area contributed by atoms with Crippen LogP contribution in [-0.4, -0.2) is 44.2 Å². The number of likely N-dealkylation sites (tertiary alicyclic amines) is 1. The lowest BCUT2D eigenvalue weighted by atomic mass is 9.57. The topological polar surface area (TPSA) is 38.8 Å². The first-order valence-electron chi connectivity index (χ1n) is 9.30. The number of carbonyl (C=O) groups is 1. The van der Waals surface area contributed by atoms with E-state index in [0.29, 0.717) is 18.6 Å². The van der Waals surface area contributed by atoms with E-state index in [9.17, 15) is 4.79 Å². The predicted octanol–water partition coefficient (Wildman–Crippen LogP) is 3.56. The Hall–Kier alpha value is -1.81. The maximum atomic E-state index is 11.9. The van der Waals surface area contributed by atoms with Gasteiger partial charge >= 0.3 is 5.97 Å². The van der Waals surface area contributed by atoms with Gasteiger partial charge in [-0.1, -0.05) is 24.6 Å². The van der Waals surface area contributed by atoms with Crippen molar-refractivity contribution >= 4 is 5.97 Å². The molecule has 25 heavy (non-hydrogen) atoms. The Labute approximate surface area is 150 Å². The van der Waals surface area contributed by atoms with E-state index in [0.717, 1.165) is 25.1 Å². The molecule has 0 N–H and O–H groups in total. The van der Waals surface area contributed by atoms with E-state index in [1.54, 1.807) is 13.2 Å². The third-order valence-corrected chi connectivity index (χ3v) is 6.02. The number of hydrogen-bond donors (Lipinski definition) is 0. The van der Waals surface area contributed by atoms with Crippen LogP contribution in [-0.2, 0) is 14.9 Å². The van der Waals surface area contributed by atoms with Crippen LogP contribution < -0.4 is 4.74 Å². The van der Waals surface area contributed by atoms with Crippen LogP contribution in [0, 0.1) is 5.92 Å². The first-order valence-corrected chi connectivity index (χ1v) is 9.30. The molecule has 0 radical (unpaired) electrons. The average molecular weight is 343 g/mol. The number of fused-ring (bicyclic) bond motifs is 2. The van der Waals surface area contributed by atoms with Crippen LogP contribution in [0.4, 0.5) is 0 Å². The lowest BCUT2D eigenvalue weighted by Crippen LogP contribution is -2.56. The first-order chi connectivity index (χ1) is 12.1. The summed E-state index contributed by atoms with van der Waals surface area (Å²) in [4.78, 5) is 14.3. The van der Waals surface area contributed by atoms with E-state index in [2.05, 4.69) is 36.2 Å². The summed E-state index contributed by atoms with van der Waals surface area (Å²) >= 11 is 0. The van der Waals surface area contributed by atoms with Crippen LogP contribution in [0.1, 0.15) is 38.2 Å². The van der Waals surface area contributed by atoms with Crippen molar-refractivity contribution in [1.29, 1.82) is 0 Å². The van der Waals surface area contributed by atoms with Crippen molar-refractivity contribution < 1.29 is 14.3 Å². The Balaban J connectivity index is 1.98. The van der Waals surface area contributed by atoms with E-state index in [-0.39, 0.29) is 11.4 Å². The van der Waals surface area contributed by atoms with Crippen LogP contribution in [0.5, 0.6) is 5.75 Å². The summed E-state index contributed by atoms with van der Waals surface area (Å²) < 4.78 is 10.6. The molecule has 1 aromatic carbocycles. The molecular formula is C21H29NO3. The zero-order valence-corrected chi connectivity index (χ0v) is 15.5. The predicted molar refractivity (Wildman–Crippen MR) is 98.8 cm³/mol. The van der Waals surface area contributed by atoms with Gasteiger partial charge in [0, 0.05) is 23.5 Å². The maximum absolute atomic E-state index is 11.9. The third-order valence-electron chi connectivity index (χ3n) is 6.02. The molecule has 4 nitrogen and oxygen atoms in total. The smallest absolute Gasteiger partial charge is 0.330 e. The molecule has 0 spiro atoms. The maximum Gasteiger partial charge on any atom is 0.330 e. The van der Waals surface area contributed by atoms with E-state index in [4.69, 9.17) is 9.47 Å². The van der Waals surface area contributed by atoms with Gasteiger partial charge in [-0.05, 0) is 57.5 Å². The number of ether oxygens (including phenoxy) is 2. The minimum atomic E-state index is -0.241. The summed E-state index contributed by atoms with van der Waals surface area (Å²) in [6, 6.07) is 8.95. The Morgan fingerprint density at radius 2 is 2.24 bits per heavy atom. The van der Waals surface area contributed by atoms with Crippen molar-refractivity contribution in [2.45, 2.75) is 44.1 Å². The van der Waals surface area contributed by atoms with Crippen LogP contribution in [0.15, 0.2) is 36.4 Å². The van der Waals surface area contributed by atoms with Gasteiger partial charge in [0.05, 0.1) is 13.7 Å². The summed E-state index contributed by atoms with van der Waals surface area (Å²) in [5.74, 6) is 0.979. The lowest BCUT2D eigenvalue weighted by Gasteiger charge is -2.55.